The summed E-state index contributed by atoms with van der Waals surface area (Å²) in [6.45, 7) is 4.38. The van der Waals surface area contributed by atoms with Gasteiger partial charge < -0.3 is 10.1 Å². The van der Waals surface area contributed by atoms with Crippen LogP contribution in [0, 0.1) is 24.1 Å². The molecule has 1 N–H and O–H groups in total. The smallest absolute Gasteiger partial charge is 0.224 e. The zero-order valence-corrected chi connectivity index (χ0v) is 11.1. The van der Waals surface area contributed by atoms with Crippen molar-refractivity contribution >= 4 is 5.82 Å². The molecule has 6 heteroatoms. The molecule has 1 aromatic heterocycles. The first kappa shape index (κ1) is 13.7. The van der Waals surface area contributed by atoms with Crippen LogP contribution in [0.2, 0.25) is 0 Å². The Morgan fingerprint density at radius 3 is 2.90 bits per heavy atom. The Labute approximate surface area is 116 Å². The van der Waals surface area contributed by atoms with E-state index >= 15 is 0 Å². The first-order valence-corrected chi connectivity index (χ1v) is 6.10. The van der Waals surface area contributed by atoms with Gasteiger partial charge in [-0.15, -0.1) is 0 Å². The first-order chi connectivity index (χ1) is 9.63. The number of aromatic nitrogens is 2. The Kier molecular flexibility index (Phi) is 4.11. The summed E-state index contributed by atoms with van der Waals surface area (Å²) in [6, 6.07) is 7.59. The summed E-state index contributed by atoms with van der Waals surface area (Å²) in [5.74, 6) is 0.907. The number of nitrogens with zero attached hydrogens (tertiary/aromatic N) is 3. The van der Waals surface area contributed by atoms with Gasteiger partial charge >= 0.3 is 0 Å². The molecule has 1 heterocycles. The average Bonchev–Trinajstić information content (AvgIpc) is 2.38. The molecule has 0 saturated heterocycles. The quantitative estimate of drug-likeness (QED) is 0.926. The Morgan fingerprint density at radius 1 is 1.40 bits per heavy atom. The topological polar surface area (TPSA) is 70.8 Å². The SMILES string of the molecule is CCNc1cc(Oc2cccc(F)c2C#N)nc(C)n1. The van der Waals surface area contributed by atoms with Crippen molar-refractivity contribution in [2.24, 2.45) is 0 Å². The molecular weight excluding hydrogens is 259 g/mol. The van der Waals surface area contributed by atoms with Crippen LogP contribution in [0.4, 0.5) is 10.2 Å². The summed E-state index contributed by atoms with van der Waals surface area (Å²) in [4.78, 5) is 8.30. The van der Waals surface area contributed by atoms with Crippen LogP contribution in [0.1, 0.15) is 18.3 Å². The second kappa shape index (κ2) is 5.97. The van der Waals surface area contributed by atoms with Gasteiger partial charge in [-0.05, 0) is 26.0 Å². The van der Waals surface area contributed by atoms with Crippen molar-refractivity contribution < 1.29 is 9.13 Å². The molecule has 2 aromatic rings. The Bertz CT molecular complexity index is 667. The molecule has 0 spiro atoms. The van der Waals surface area contributed by atoms with Gasteiger partial charge in [0.25, 0.3) is 0 Å². The van der Waals surface area contributed by atoms with E-state index in [4.69, 9.17) is 10.00 Å². The van der Waals surface area contributed by atoms with Crippen molar-refractivity contribution in [1.29, 1.82) is 5.26 Å². The maximum absolute atomic E-state index is 13.5. The van der Waals surface area contributed by atoms with Crippen molar-refractivity contribution in [3.8, 4) is 17.7 Å². The highest BCUT2D eigenvalue weighted by molar-refractivity contribution is 5.46. The van der Waals surface area contributed by atoms with E-state index in [9.17, 15) is 4.39 Å². The largest absolute Gasteiger partial charge is 0.437 e. The second-order valence-corrected chi connectivity index (χ2v) is 4.00. The van der Waals surface area contributed by atoms with Gasteiger partial charge in [0, 0.05) is 12.6 Å². The Hall–Kier alpha value is -2.68. The van der Waals surface area contributed by atoms with E-state index in [1.54, 1.807) is 19.1 Å². The van der Waals surface area contributed by atoms with E-state index in [-0.39, 0.29) is 17.2 Å². The molecule has 0 fully saturated rings. The number of nitriles is 1. The predicted molar refractivity (Wildman–Crippen MR) is 72.1 cm³/mol. The molecule has 1 aromatic carbocycles. The number of anilines is 1. The van der Waals surface area contributed by atoms with Crippen molar-refractivity contribution in [3.05, 3.63) is 41.5 Å². The lowest BCUT2D eigenvalue weighted by atomic mass is 10.2. The van der Waals surface area contributed by atoms with Crippen LogP contribution in [0.15, 0.2) is 24.3 Å². The van der Waals surface area contributed by atoms with Crippen molar-refractivity contribution in [2.75, 3.05) is 11.9 Å². The van der Waals surface area contributed by atoms with Crippen molar-refractivity contribution in [3.63, 3.8) is 0 Å². The van der Waals surface area contributed by atoms with Gasteiger partial charge in [0.15, 0.2) is 0 Å². The number of benzene rings is 1. The van der Waals surface area contributed by atoms with Crippen LogP contribution in [-0.4, -0.2) is 16.5 Å². The van der Waals surface area contributed by atoms with Gasteiger partial charge in [-0.1, -0.05) is 6.07 Å². The summed E-state index contributed by atoms with van der Waals surface area (Å²) in [5, 5.41) is 12.0. The van der Waals surface area contributed by atoms with Crippen LogP contribution in [0.3, 0.4) is 0 Å². The third kappa shape index (κ3) is 3.01. The number of aryl methyl sites for hydroxylation is 1. The number of hydrogen-bond donors (Lipinski definition) is 1. The molecule has 0 aliphatic rings. The number of hydrogen-bond acceptors (Lipinski definition) is 5. The van der Waals surface area contributed by atoms with E-state index in [1.165, 1.54) is 18.2 Å². The van der Waals surface area contributed by atoms with Gasteiger partial charge in [0.05, 0.1) is 0 Å². The summed E-state index contributed by atoms with van der Waals surface area (Å²) < 4.78 is 19.0. The minimum Gasteiger partial charge on any atom is -0.437 e. The molecule has 0 unspecified atom stereocenters. The van der Waals surface area contributed by atoms with Gasteiger partial charge in [-0.2, -0.15) is 10.2 Å². The van der Waals surface area contributed by atoms with Crippen LogP contribution in [0.5, 0.6) is 11.6 Å². The molecule has 0 aliphatic carbocycles. The number of halogens is 1. The second-order valence-electron chi connectivity index (χ2n) is 4.00. The summed E-state index contributed by atoms with van der Waals surface area (Å²) in [5.41, 5.74) is -0.145. The molecular formula is C14H13FN4O. The molecule has 0 radical (unpaired) electrons. The van der Waals surface area contributed by atoms with Crippen LogP contribution in [-0.2, 0) is 0 Å². The molecule has 5 nitrogen and oxygen atoms in total. The lowest BCUT2D eigenvalue weighted by Gasteiger charge is -2.09. The van der Waals surface area contributed by atoms with Crippen LogP contribution >= 0.6 is 0 Å². The van der Waals surface area contributed by atoms with Gasteiger partial charge in [0.1, 0.15) is 34.8 Å². The fourth-order valence-electron chi connectivity index (χ4n) is 1.67. The summed E-state index contributed by atoms with van der Waals surface area (Å²) in [6.07, 6.45) is 0. The van der Waals surface area contributed by atoms with E-state index in [1.807, 2.05) is 6.92 Å². The van der Waals surface area contributed by atoms with Gasteiger partial charge in [-0.3, -0.25) is 0 Å². The highest BCUT2D eigenvalue weighted by Gasteiger charge is 2.11. The fraction of sp³-hybridized carbons (Fsp3) is 0.214. The summed E-state index contributed by atoms with van der Waals surface area (Å²) in [7, 11) is 0. The number of rotatable bonds is 4. The number of ether oxygens (including phenoxy) is 1. The lowest BCUT2D eigenvalue weighted by Crippen LogP contribution is -2.03. The fourth-order valence-corrected chi connectivity index (χ4v) is 1.67. The molecule has 102 valence electrons. The molecule has 2 rings (SSSR count). The average molecular weight is 272 g/mol. The predicted octanol–water partition coefficient (Wildman–Crippen LogP) is 3.02. The third-order valence-electron chi connectivity index (χ3n) is 2.47. The summed E-state index contributed by atoms with van der Waals surface area (Å²) >= 11 is 0. The molecule has 0 amide bonds. The zero-order chi connectivity index (χ0) is 14.5. The third-order valence-corrected chi connectivity index (χ3v) is 2.47. The van der Waals surface area contributed by atoms with Gasteiger partial charge in [0.2, 0.25) is 5.88 Å². The molecule has 20 heavy (non-hydrogen) atoms. The maximum Gasteiger partial charge on any atom is 0.224 e. The van der Waals surface area contributed by atoms with Crippen LogP contribution in [0.25, 0.3) is 0 Å². The van der Waals surface area contributed by atoms with Crippen LogP contribution < -0.4 is 10.1 Å². The normalized spacial score (nSPS) is 9.90. The zero-order valence-electron chi connectivity index (χ0n) is 11.1. The minimum atomic E-state index is -0.623. The maximum atomic E-state index is 13.5. The first-order valence-electron chi connectivity index (χ1n) is 6.10. The van der Waals surface area contributed by atoms with E-state index in [0.717, 1.165) is 0 Å². The molecule has 0 saturated carbocycles. The molecule has 0 aliphatic heterocycles. The van der Waals surface area contributed by atoms with E-state index in [2.05, 4.69) is 15.3 Å². The van der Waals surface area contributed by atoms with Gasteiger partial charge in [-0.25, -0.2) is 9.37 Å². The number of nitrogens with one attached hydrogen (secondary N) is 1. The highest BCUT2D eigenvalue weighted by atomic mass is 19.1. The van der Waals surface area contributed by atoms with Crippen molar-refractivity contribution in [2.45, 2.75) is 13.8 Å². The molecule has 0 bridgehead atoms. The van der Waals surface area contributed by atoms with Crippen molar-refractivity contribution in [1.82, 2.24) is 9.97 Å². The van der Waals surface area contributed by atoms with E-state index < -0.39 is 5.82 Å². The Balaban J connectivity index is 2.35. The minimum absolute atomic E-state index is 0.132. The standard InChI is InChI=1S/C14H13FN4O/c1-3-17-13-7-14(19-9(2)18-13)20-12-6-4-5-11(15)10(12)8-16/h4-7H,3H2,1-2H3,(H,17,18,19). The molecule has 0 atom stereocenters. The lowest BCUT2D eigenvalue weighted by molar-refractivity contribution is 0.453. The highest BCUT2D eigenvalue weighted by Crippen LogP contribution is 2.26. The van der Waals surface area contributed by atoms with E-state index in [0.29, 0.717) is 18.2 Å². The Morgan fingerprint density at radius 2 is 2.20 bits per heavy atom. The monoisotopic (exact) mass is 272 g/mol.